The highest BCUT2D eigenvalue weighted by Crippen LogP contribution is 2.40. The normalized spacial score (nSPS) is 11.6. The van der Waals surface area contributed by atoms with E-state index in [0.717, 1.165) is 39.8 Å². The maximum Gasteiger partial charge on any atom is 0.417 e. The standard InChI is InChI=1S/C26H26BrF2N3O3SSi/c1-37(2,3)12-11-34-16-32-15-19(27)23-22(9-10-30-25(23)32)36-24-20(28)13-17(14-21(24)29)31-26(33)35-18-7-5-4-6-8-18/h4-10,13-15H,11-12,16H2,1-3H3,(H,31,33). The Morgan fingerprint density at radius 2 is 1.84 bits per heavy atom. The van der Waals surface area contributed by atoms with Crippen molar-refractivity contribution in [2.75, 3.05) is 11.9 Å². The minimum atomic E-state index is -1.20. The molecule has 1 N–H and O–H groups in total. The minimum Gasteiger partial charge on any atom is -0.410 e. The lowest BCUT2D eigenvalue weighted by Gasteiger charge is -2.15. The molecule has 0 saturated heterocycles. The highest BCUT2D eigenvalue weighted by atomic mass is 79.9. The van der Waals surface area contributed by atoms with Gasteiger partial charge in [0.15, 0.2) is 0 Å². The Labute approximate surface area is 227 Å². The smallest absolute Gasteiger partial charge is 0.410 e. The fourth-order valence-corrected chi connectivity index (χ4v) is 5.93. The summed E-state index contributed by atoms with van der Waals surface area (Å²) < 4.78 is 43.5. The number of para-hydroxylation sites is 1. The molecule has 2 heterocycles. The Morgan fingerprint density at radius 1 is 1.14 bits per heavy atom. The third kappa shape index (κ3) is 7.19. The van der Waals surface area contributed by atoms with Crippen LogP contribution in [0.5, 0.6) is 5.75 Å². The summed E-state index contributed by atoms with van der Waals surface area (Å²) in [6.07, 6.45) is 2.61. The van der Waals surface area contributed by atoms with E-state index in [-0.39, 0.29) is 10.6 Å². The molecule has 0 atom stereocenters. The van der Waals surface area contributed by atoms with Crippen molar-refractivity contribution in [3.05, 3.63) is 77.0 Å². The van der Waals surface area contributed by atoms with Gasteiger partial charge in [0.2, 0.25) is 0 Å². The maximum absolute atomic E-state index is 15.0. The molecule has 0 aliphatic heterocycles. The highest BCUT2D eigenvalue weighted by molar-refractivity contribution is 9.10. The predicted octanol–water partition coefficient (Wildman–Crippen LogP) is 8.15. The number of hydrogen-bond donors (Lipinski definition) is 1. The molecule has 0 radical (unpaired) electrons. The Bertz CT molecular complexity index is 1390. The van der Waals surface area contributed by atoms with Crippen molar-refractivity contribution in [1.29, 1.82) is 0 Å². The van der Waals surface area contributed by atoms with Crippen LogP contribution in [-0.2, 0) is 11.5 Å². The van der Waals surface area contributed by atoms with Crippen LogP contribution in [-0.4, -0.2) is 30.3 Å². The van der Waals surface area contributed by atoms with Gasteiger partial charge in [0, 0.05) is 47.5 Å². The van der Waals surface area contributed by atoms with Crippen molar-refractivity contribution in [2.24, 2.45) is 0 Å². The molecule has 1 amide bonds. The zero-order valence-corrected chi connectivity index (χ0v) is 24.0. The van der Waals surface area contributed by atoms with E-state index in [2.05, 4.69) is 45.9 Å². The number of benzene rings is 2. The highest BCUT2D eigenvalue weighted by Gasteiger charge is 2.19. The van der Waals surface area contributed by atoms with Gasteiger partial charge in [-0.05, 0) is 52.3 Å². The molecule has 0 aliphatic rings. The van der Waals surface area contributed by atoms with Crippen molar-refractivity contribution in [3.63, 3.8) is 0 Å². The van der Waals surface area contributed by atoms with E-state index >= 15 is 0 Å². The van der Waals surface area contributed by atoms with Gasteiger partial charge in [-0.2, -0.15) is 0 Å². The number of amides is 1. The van der Waals surface area contributed by atoms with Gasteiger partial charge in [0.25, 0.3) is 0 Å². The number of fused-ring (bicyclic) bond motifs is 1. The fraction of sp³-hybridized carbons (Fsp3) is 0.231. The Hall–Kier alpha value is -2.73. The van der Waals surface area contributed by atoms with Crippen LogP contribution in [0.3, 0.4) is 0 Å². The second-order valence-corrected chi connectivity index (χ2v) is 17.0. The second-order valence-electron chi connectivity index (χ2n) is 9.50. The molecular formula is C26H26BrF2N3O3SSi. The number of rotatable bonds is 9. The summed E-state index contributed by atoms with van der Waals surface area (Å²) in [6, 6.07) is 13.3. The number of hydrogen-bond acceptors (Lipinski definition) is 5. The zero-order valence-electron chi connectivity index (χ0n) is 20.6. The van der Waals surface area contributed by atoms with Crippen molar-refractivity contribution < 1.29 is 23.0 Å². The van der Waals surface area contributed by atoms with E-state index in [9.17, 15) is 13.6 Å². The number of anilines is 1. The molecule has 0 aliphatic carbocycles. The fourth-order valence-electron chi connectivity index (χ4n) is 3.44. The monoisotopic (exact) mass is 605 g/mol. The van der Waals surface area contributed by atoms with E-state index in [1.165, 1.54) is 0 Å². The van der Waals surface area contributed by atoms with E-state index in [0.29, 0.717) is 29.6 Å². The van der Waals surface area contributed by atoms with Gasteiger partial charge in [0.1, 0.15) is 29.8 Å². The zero-order chi connectivity index (χ0) is 26.6. The summed E-state index contributed by atoms with van der Waals surface area (Å²) in [5.74, 6) is -1.31. The quantitative estimate of drug-likeness (QED) is 0.154. The van der Waals surface area contributed by atoms with E-state index < -0.39 is 25.8 Å². The third-order valence-electron chi connectivity index (χ3n) is 5.31. The average Bonchev–Trinajstić information content (AvgIpc) is 3.15. The number of pyridine rings is 1. The van der Waals surface area contributed by atoms with E-state index in [1.807, 2.05) is 10.8 Å². The minimum absolute atomic E-state index is 0.0528. The first kappa shape index (κ1) is 27.3. The number of carbonyl (C=O) groups excluding carboxylic acids is 1. The molecule has 6 nitrogen and oxygen atoms in total. The van der Waals surface area contributed by atoms with Crippen molar-refractivity contribution in [3.8, 4) is 5.75 Å². The van der Waals surface area contributed by atoms with Crippen molar-refractivity contribution in [1.82, 2.24) is 9.55 Å². The lowest BCUT2D eigenvalue weighted by atomic mass is 10.3. The first-order valence-corrected chi connectivity index (χ1v) is 16.8. The average molecular weight is 607 g/mol. The first-order valence-electron chi connectivity index (χ1n) is 11.5. The summed E-state index contributed by atoms with van der Waals surface area (Å²) in [7, 11) is -1.20. The van der Waals surface area contributed by atoms with Gasteiger partial charge in [0.05, 0.1) is 4.90 Å². The van der Waals surface area contributed by atoms with Crippen LogP contribution in [0, 0.1) is 11.6 Å². The first-order chi connectivity index (χ1) is 17.6. The van der Waals surface area contributed by atoms with Crippen LogP contribution in [0.25, 0.3) is 11.0 Å². The lowest BCUT2D eigenvalue weighted by molar-refractivity contribution is 0.0898. The van der Waals surface area contributed by atoms with Gasteiger partial charge < -0.3 is 14.0 Å². The number of aromatic nitrogens is 2. The Morgan fingerprint density at radius 3 is 2.51 bits per heavy atom. The van der Waals surface area contributed by atoms with Crippen LogP contribution in [0.4, 0.5) is 19.3 Å². The Balaban J connectivity index is 1.50. The molecular weight excluding hydrogens is 580 g/mol. The molecule has 2 aromatic heterocycles. The summed E-state index contributed by atoms with van der Waals surface area (Å²) in [6.45, 7) is 7.87. The number of halogens is 3. The number of ether oxygens (including phenoxy) is 2. The molecule has 0 saturated carbocycles. The van der Waals surface area contributed by atoms with Gasteiger partial charge in [-0.25, -0.2) is 18.6 Å². The summed E-state index contributed by atoms with van der Waals surface area (Å²) in [5.41, 5.74) is 0.593. The second kappa shape index (κ2) is 11.8. The largest absolute Gasteiger partial charge is 0.417 e. The van der Waals surface area contributed by atoms with E-state index in [4.69, 9.17) is 9.47 Å². The molecule has 2 aromatic carbocycles. The molecule has 0 spiro atoms. The summed E-state index contributed by atoms with van der Waals surface area (Å²) in [4.78, 5) is 17.0. The maximum atomic E-state index is 15.0. The molecule has 0 fully saturated rings. The lowest BCUT2D eigenvalue weighted by Crippen LogP contribution is -2.22. The van der Waals surface area contributed by atoms with Crippen LogP contribution in [0.15, 0.2) is 75.2 Å². The van der Waals surface area contributed by atoms with Crippen LogP contribution in [0.1, 0.15) is 0 Å². The van der Waals surface area contributed by atoms with Crippen molar-refractivity contribution >= 4 is 58.6 Å². The molecule has 11 heteroatoms. The van der Waals surface area contributed by atoms with Crippen LogP contribution < -0.4 is 10.1 Å². The van der Waals surface area contributed by atoms with Crippen LogP contribution in [0.2, 0.25) is 25.7 Å². The van der Waals surface area contributed by atoms with Gasteiger partial charge in [-0.1, -0.05) is 49.6 Å². The third-order valence-corrected chi connectivity index (χ3v) is 8.77. The summed E-state index contributed by atoms with van der Waals surface area (Å²) >= 11 is 4.50. The SMILES string of the molecule is C[Si](C)(C)CCOCn1cc(Br)c2c(Sc3c(F)cc(NC(=O)Oc4ccccc4)cc3F)ccnc21. The van der Waals surface area contributed by atoms with E-state index in [1.54, 1.807) is 42.6 Å². The number of nitrogens with one attached hydrogen (secondary N) is 1. The topological polar surface area (TPSA) is 65.4 Å². The molecule has 37 heavy (non-hydrogen) atoms. The number of carbonyl (C=O) groups is 1. The van der Waals surface area contributed by atoms with Gasteiger partial charge in [-0.15, -0.1) is 0 Å². The molecule has 4 aromatic rings. The molecule has 0 bridgehead atoms. The van der Waals surface area contributed by atoms with Crippen molar-refractivity contribution in [2.45, 2.75) is 42.2 Å². The molecule has 194 valence electrons. The van der Waals surface area contributed by atoms with Crippen LogP contribution >= 0.6 is 27.7 Å². The molecule has 0 unspecified atom stereocenters. The molecule has 4 rings (SSSR count). The van der Waals surface area contributed by atoms with Gasteiger partial charge >= 0.3 is 6.09 Å². The Kier molecular flexibility index (Phi) is 8.68. The number of nitrogens with zero attached hydrogens (tertiary/aromatic N) is 2. The van der Waals surface area contributed by atoms with Gasteiger partial charge in [-0.3, -0.25) is 5.32 Å². The predicted molar refractivity (Wildman–Crippen MR) is 148 cm³/mol. The summed E-state index contributed by atoms with van der Waals surface area (Å²) in [5, 5.41) is 3.09.